The summed E-state index contributed by atoms with van der Waals surface area (Å²) in [4.78, 5) is 12.6. The smallest absolute Gasteiger partial charge is 0.159 e. The van der Waals surface area contributed by atoms with Crippen molar-refractivity contribution in [3.05, 3.63) is 203 Å². The van der Waals surface area contributed by atoms with Crippen LogP contribution in [-0.4, -0.2) is 16.2 Å². The Morgan fingerprint density at radius 1 is 0.667 bits per heavy atom. The summed E-state index contributed by atoms with van der Waals surface area (Å²) in [5.74, 6) is 1.53. The normalized spacial score (nSPS) is 19.0. The number of anilines is 2. The monoisotopic (exact) mass is 657 g/mol. The standard InChI is InChI=1S/C46H35N5/c1-46-30-41-37(29-42(46)51(34-21-9-4-10-22-34)40-27-14-12-25-38(40)46)36-24-11-13-26-39(36)50(41)35-23-15-20-33(28-35)45-48-43(31-16-5-2-6-17-31)47-44(49-45)32-18-7-3-8-19-32/h2-29,43H,30H2,1H3,(H,47,48,49). The Hall–Kier alpha value is -6.46. The Labute approximate surface area is 297 Å². The highest BCUT2D eigenvalue weighted by molar-refractivity contribution is 6.13. The molecule has 5 nitrogen and oxygen atoms in total. The molecule has 0 amide bonds. The zero-order valence-electron chi connectivity index (χ0n) is 28.2. The van der Waals surface area contributed by atoms with Gasteiger partial charge in [0.15, 0.2) is 5.84 Å². The maximum absolute atomic E-state index is 5.12. The second-order valence-corrected chi connectivity index (χ2v) is 13.7. The fraction of sp³-hybridized carbons (Fsp3) is 0.0870. The van der Waals surface area contributed by atoms with Gasteiger partial charge in [-0.3, -0.25) is 0 Å². The molecule has 0 saturated heterocycles. The summed E-state index contributed by atoms with van der Waals surface area (Å²) in [6.07, 6.45) is 3.07. The number of amidine groups is 2. The topological polar surface area (TPSA) is 44.9 Å². The van der Waals surface area contributed by atoms with E-state index < -0.39 is 0 Å². The van der Waals surface area contributed by atoms with Crippen LogP contribution >= 0.6 is 0 Å². The second-order valence-electron chi connectivity index (χ2n) is 13.7. The molecule has 0 fully saturated rings. The number of aliphatic imine (C=N–C) groups is 2. The van der Waals surface area contributed by atoms with Crippen molar-refractivity contribution in [2.24, 2.45) is 9.98 Å². The highest BCUT2D eigenvalue weighted by Gasteiger charge is 2.47. The first kappa shape index (κ1) is 29.5. The summed E-state index contributed by atoms with van der Waals surface area (Å²) in [5.41, 5.74) is 12.9. The Balaban J connectivity index is 1.13. The molecule has 2 atom stereocenters. The third kappa shape index (κ3) is 4.69. The fourth-order valence-corrected chi connectivity index (χ4v) is 8.24. The van der Waals surface area contributed by atoms with Gasteiger partial charge in [0, 0.05) is 62.4 Å². The predicted octanol–water partition coefficient (Wildman–Crippen LogP) is 10.1. The molecule has 3 heterocycles. The maximum Gasteiger partial charge on any atom is 0.159 e. The number of aromatic nitrogens is 1. The van der Waals surface area contributed by atoms with Crippen LogP contribution < -0.4 is 10.2 Å². The van der Waals surface area contributed by atoms with Gasteiger partial charge in [-0.2, -0.15) is 0 Å². The summed E-state index contributed by atoms with van der Waals surface area (Å²) < 4.78 is 2.48. The quantitative estimate of drug-likeness (QED) is 0.200. The van der Waals surface area contributed by atoms with Gasteiger partial charge in [0.2, 0.25) is 0 Å². The molecular formula is C46H35N5. The third-order valence-electron chi connectivity index (χ3n) is 10.6. The molecule has 1 aromatic heterocycles. The highest BCUT2D eigenvalue weighted by atomic mass is 15.2. The number of benzene rings is 6. The molecule has 2 unspecified atom stereocenters. The number of fused-ring (bicyclic) bond motifs is 6. The zero-order valence-corrected chi connectivity index (χ0v) is 28.2. The van der Waals surface area contributed by atoms with Crippen molar-refractivity contribution in [3.8, 4) is 5.69 Å². The zero-order chi connectivity index (χ0) is 33.9. The lowest BCUT2D eigenvalue weighted by Gasteiger charge is -2.34. The number of hydrogen-bond acceptors (Lipinski definition) is 4. The van der Waals surface area contributed by atoms with E-state index >= 15 is 0 Å². The van der Waals surface area contributed by atoms with Crippen LogP contribution in [0.25, 0.3) is 22.7 Å². The Bertz CT molecular complexity index is 2550. The number of nitrogens with one attached hydrogen (secondary N) is 1. The van der Waals surface area contributed by atoms with E-state index in [9.17, 15) is 0 Å². The molecule has 244 valence electrons. The lowest BCUT2D eigenvalue weighted by Crippen LogP contribution is -2.33. The lowest BCUT2D eigenvalue weighted by atomic mass is 9.74. The molecule has 3 aliphatic rings. The van der Waals surface area contributed by atoms with Gasteiger partial charge in [-0.25, -0.2) is 9.98 Å². The SMILES string of the molecule is CC12Cc3c(c4ccccc4n3-c3cccc(C4=NC(c5ccccc5)=NC(c5ccccc5)N4)c3)C=C1N(c1ccccc1)c1ccccc12. The van der Waals surface area contributed by atoms with Gasteiger partial charge in [0.1, 0.15) is 12.0 Å². The first-order valence-electron chi connectivity index (χ1n) is 17.6. The van der Waals surface area contributed by atoms with Crippen LogP contribution in [0.3, 0.4) is 0 Å². The number of allylic oxidation sites excluding steroid dienone is 1. The van der Waals surface area contributed by atoms with Gasteiger partial charge in [-0.1, -0.05) is 127 Å². The summed E-state index contributed by atoms with van der Waals surface area (Å²) in [7, 11) is 0. The summed E-state index contributed by atoms with van der Waals surface area (Å²) in [5, 5.41) is 4.92. The fourth-order valence-electron chi connectivity index (χ4n) is 8.24. The average molecular weight is 658 g/mol. The first-order chi connectivity index (χ1) is 25.2. The van der Waals surface area contributed by atoms with Crippen LogP contribution in [0.1, 0.15) is 46.6 Å². The average Bonchev–Trinajstić information content (AvgIpc) is 3.65. The van der Waals surface area contributed by atoms with Crippen LogP contribution in [0, 0.1) is 0 Å². The molecule has 1 N–H and O–H groups in total. The number of nitrogens with zero attached hydrogens (tertiary/aromatic N) is 4. The van der Waals surface area contributed by atoms with Crippen molar-refractivity contribution in [2.75, 3.05) is 4.90 Å². The van der Waals surface area contributed by atoms with Gasteiger partial charge in [-0.15, -0.1) is 0 Å². The van der Waals surface area contributed by atoms with Crippen LogP contribution in [0.4, 0.5) is 11.4 Å². The highest BCUT2D eigenvalue weighted by Crippen LogP contribution is 2.56. The van der Waals surface area contributed by atoms with E-state index in [4.69, 9.17) is 9.98 Å². The molecule has 7 aromatic rings. The van der Waals surface area contributed by atoms with E-state index in [1.807, 2.05) is 24.3 Å². The van der Waals surface area contributed by atoms with E-state index in [0.29, 0.717) is 0 Å². The minimum Gasteiger partial charge on any atom is -0.344 e. The van der Waals surface area contributed by atoms with Crippen molar-refractivity contribution >= 4 is 40.0 Å². The molecule has 1 aliphatic carbocycles. The summed E-state index contributed by atoms with van der Waals surface area (Å²) >= 11 is 0. The van der Waals surface area contributed by atoms with E-state index in [2.05, 4.69) is 167 Å². The van der Waals surface area contributed by atoms with Crippen molar-refractivity contribution in [2.45, 2.75) is 24.9 Å². The van der Waals surface area contributed by atoms with E-state index in [1.165, 1.54) is 44.8 Å². The minimum atomic E-state index is -0.253. The van der Waals surface area contributed by atoms with Crippen molar-refractivity contribution in [3.63, 3.8) is 0 Å². The molecule has 0 radical (unpaired) electrons. The Kier molecular flexibility index (Phi) is 6.68. The summed E-state index contributed by atoms with van der Waals surface area (Å²) in [6.45, 7) is 2.41. The van der Waals surface area contributed by atoms with E-state index in [-0.39, 0.29) is 11.6 Å². The van der Waals surface area contributed by atoms with Gasteiger partial charge in [-0.05, 0) is 60.5 Å². The number of rotatable bonds is 5. The van der Waals surface area contributed by atoms with Crippen molar-refractivity contribution in [1.82, 2.24) is 9.88 Å². The Morgan fingerprint density at radius 3 is 2.16 bits per heavy atom. The Morgan fingerprint density at radius 2 is 1.33 bits per heavy atom. The second kappa shape index (κ2) is 11.6. The van der Waals surface area contributed by atoms with Gasteiger partial charge in [0.25, 0.3) is 0 Å². The van der Waals surface area contributed by atoms with Crippen molar-refractivity contribution in [1.29, 1.82) is 0 Å². The third-order valence-corrected chi connectivity index (χ3v) is 10.6. The van der Waals surface area contributed by atoms with Crippen LogP contribution in [0.5, 0.6) is 0 Å². The van der Waals surface area contributed by atoms with E-state index in [1.54, 1.807) is 0 Å². The summed E-state index contributed by atoms with van der Waals surface area (Å²) in [6, 6.07) is 57.9. The molecule has 6 aromatic carbocycles. The molecule has 2 aliphatic heterocycles. The minimum absolute atomic E-state index is 0.206. The van der Waals surface area contributed by atoms with Gasteiger partial charge >= 0.3 is 0 Å². The molecule has 5 heteroatoms. The van der Waals surface area contributed by atoms with Gasteiger partial charge < -0.3 is 14.8 Å². The first-order valence-corrected chi connectivity index (χ1v) is 17.6. The molecule has 0 bridgehead atoms. The van der Waals surface area contributed by atoms with Crippen molar-refractivity contribution < 1.29 is 0 Å². The largest absolute Gasteiger partial charge is 0.344 e. The molecule has 0 saturated carbocycles. The van der Waals surface area contributed by atoms with Crippen LogP contribution in [0.15, 0.2) is 179 Å². The molecule has 51 heavy (non-hydrogen) atoms. The van der Waals surface area contributed by atoms with E-state index in [0.717, 1.165) is 40.5 Å². The van der Waals surface area contributed by atoms with Crippen LogP contribution in [-0.2, 0) is 11.8 Å². The molecule has 10 rings (SSSR count). The molecule has 0 spiro atoms. The predicted molar refractivity (Wildman–Crippen MR) is 209 cm³/mol. The molecular weight excluding hydrogens is 623 g/mol. The maximum atomic E-state index is 5.12. The lowest BCUT2D eigenvalue weighted by molar-refractivity contribution is 0.553. The number of hydrogen-bond donors (Lipinski definition) is 1. The number of para-hydroxylation sites is 3. The van der Waals surface area contributed by atoms with Crippen LogP contribution in [0.2, 0.25) is 0 Å². The van der Waals surface area contributed by atoms with Gasteiger partial charge in [0.05, 0.1) is 5.52 Å².